The Morgan fingerprint density at radius 3 is 2.77 bits per heavy atom. The molecule has 1 fully saturated rings. The molecule has 1 saturated heterocycles. The van der Waals surface area contributed by atoms with Gasteiger partial charge in [0, 0.05) is 53.1 Å². The Kier molecular flexibility index (Phi) is 6.51. The maximum absolute atomic E-state index is 14.5. The molecule has 2 amide bonds. The third kappa shape index (κ3) is 4.79. The fraction of sp³-hybridized carbons (Fsp3) is 0.214. The van der Waals surface area contributed by atoms with Crippen molar-refractivity contribution in [3.05, 3.63) is 78.0 Å². The standard InChI is InChI=1S/C28H23ClFN7O3/c1-16(38)21-14-35(22-6-5-17(9-20(21)22)18-11-31-26-7-8-32-37(26)12-18)15-27(39)36-13-19(30)10-23(36)28(40)34-25-4-2-3-24(29)33-25/h2-9,11-12,14,19,23H,10,13,15H2,1H3,(H,33,34,40)/t19-,23+/m1/s1. The number of amides is 2. The molecule has 5 heterocycles. The van der Waals surface area contributed by atoms with E-state index in [2.05, 4.69) is 20.4 Å². The second kappa shape index (κ2) is 10.2. The molecular weight excluding hydrogens is 537 g/mol. The van der Waals surface area contributed by atoms with Gasteiger partial charge in [0.05, 0.1) is 12.7 Å². The molecule has 12 heteroatoms. The molecule has 0 saturated carbocycles. The van der Waals surface area contributed by atoms with E-state index >= 15 is 0 Å². The number of likely N-dealkylation sites (tertiary alicyclic amines) is 1. The van der Waals surface area contributed by atoms with Crippen LogP contribution in [0.5, 0.6) is 0 Å². The van der Waals surface area contributed by atoms with E-state index in [0.29, 0.717) is 22.1 Å². The van der Waals surface area contributed by atoms with Crippen molar-refractivity contribution in [2.45, 2.75) is 32.1 Å². The van der Waals surface area contributed by atoms with E-state index in [9.17, 15) is 18.8 Å². The first-order chi connectivity index (χ1) is 19.3. The first-order valence-corrected chi connectivity index (χ1v) is 12.9. The molecular formula is C28H23ClFN7O3. The van der Waals surface area contributed by atoms with Crippen LogP contribution in [0.3, 0.4) is 0 Å². The average molecular weight is 560 g/mol. The Balaban J connectivity index is 1.28. The zero-order valence-corrected chi connectivity index (χ0v) is 22.0. The molecule has 4 aromatic heterocycles. The summed E-state index contributed by atoms with van der Waals surface area (Å²) >= 11 is 5.89. The van der Waals surface area contributed by atoms with Gasteiger partial charge < -0.3 is 14.8 Å². The van der Waals surface area contributed by atoms with Gasteiger partial charge in [0.25, 0.3) is 0 Å². The van der Waals surface area contributed by atoms with Crippen molar-refractivity contribution in [2.24, 2.45) is 0 Å². The van der Waals surface area contributed by atoms with Gasteiger partial charge in [-0.25, -0.2) is 18.9 Å². The van der Waals surface area contributed by atoms with E-state index in [1.165, 1.54) is 11.8 Å². The molecule has 1 N–H and O–H groups in total. The second-order valence-corrected chi connectivity index (χ2v) is 10.1. The number of fused-ring (bicyclic) bond motifs is 2. The first kappa shape index (κ1) is 25.6. The largest absolute Gasteiger partial charge is 0.337 e. The molecule has 10 nitrogen and oxygen atoms in total. The van der Waals surface area contributed by atoms with Crippen molar-refractivity contribution in [3.8, 4) is 11.1 Å². The van der Waals surface area contributed by atoms with Gasteiger partial charge >= 0.3 is 0 Å². The van der Waals surface area contributed by atoms with Crippen LogP contribution in [0.15, 0.2) is 67.3 Å². The molecule has 6 rings (SSSR count). The minimum Gasteiger partial charge on any atom is -0.337 e. The third-order valence-corrected chi connectivity index (χ3v) is 7.20. The predicted octanol–water partition coefficient (Wildman–Crippen LogP) is 4.18. The summed E-state index contributed by atoms with van der Waals surface area (Å²) in [6.07, 6.45) is 5.40. The van der Waals surface area contributed by atoms with Crippen LogP contribution in [-0.2, 0) is 16.1 Å². The summed E-state index contributed by atoms with van der Waals surface area (Å²) < 4.78 is 17.8. The highest BCUT2D eigenvalue weighted by atomic mass is 35.5. The fourth-order valence-electron chi connectivity index (χ4n) is 5.08. The van der Waals surface area contributed by atoms with Crippen LogP contribution in [0.4, 0.5) is 10.2 Å². The smallest absolute Gasteiger partial charge is 0.248 e. The number of carbonyl (C=O) groups is 3. The van der Waals surface area contributed by atoms with Crippen molar-refractivity contribution in [1.29, 1.82) is 0 Å². The van der Waals surface area contributed by atoms with Crippen molar-refractivity contribution >= 4 is 51.6 Å². The zero-order chi connectivity index (χ0) is 28.0. The lowest BCUT2D eigenvalue weighted by atomic mass is 10.0. The normalized spacial score (nSPS) is 17.0. The lowest BCUT2D eigenvalue weighted by Crippen LogP contribution is -2.44. The molecule has 0 radical (unpaired) electrons. The van der Waals surface area contributed by atoms with Gasteiger partial charge in [-0.2, -0.15) is 5.10 Å². The molecule has 202 valence electrons. The zero-order valence-electron chi connectivity index (χ0n) is 21.3. The quantitative estimate of drug-likeness (QED) is 0.247. The van der Waals surface area contributed by atoms with Crippen LogP contribution in [0.1, 0.15) is 23.7 Å². The predicted molar refractivity (Wildman–Crippen MR) is 147 cm³/mol. The van der Waals surface area contributed by atoms with Crippen LogP contribution >= 0.6 is 11.6 Å². The van der Waals surface area contributed by atoms with Crippen molar-refractivity contribution < 1.29 is 18.8 Å². The fourth-order valence-corrected chi connectivity index (χ4v) is 5.24. The van der Waals surface area contributed by atoms with Crippen LogP contribution in [0, 0.1) is 0 Å². The van der Waals surface area contributed by atoms with Gasteiger partial charge in [0.15, 0.2) is 11.4 Å². The number of aromatic nitrogens is 5. The van der Waals surface area contributed by atoms with Crippen molar-refractivity contribution in [1.82, 2.24) is 29.0 Å². The van der Waals surface area contributed by atoms with Gasteiger partial charge in [-0.1, -0.05) is 23.7 Å². The number of ketones is 1. The maximum Gasteiger partial charge on any atom is 0.248 e. The summed E-state index contributed by atoms with van der Waals surface area (Å²) in [7, 11) is 0. The number of alkyl halides is 1. The summed E-state index contributed by atoms with van der Waals surface area (Å²) in [6.45, 7) is 1.09. The highest BCUT2D eigenvalue weighted by molar-refractivity contribution is 6.29. The highest BCUT2D eigenvalue weighted by Crippen LogP contribution is 2.29. The summed E-state index contributed by atoms with van der Waals surface area (Å²) in [4.78, 5) is 48.6. The van der Waals surface area contributed by atoms with E-state index in [1.54, 1.807) is 51.9 Å². The second-order valence-electron chi connectivity index (χ2n) is 9.67. The van der Waals surface area contributed by atoms with Crippen LogP contribution < -0.4 is 5.32 Å². The van der Waals surface area contributed by atoms with Crippen LogP contribution in [0.2, 0.25) is 5.15 Å². The molecule has 0 unspecified atom stereocenters. The van der Waals surface area contributed by atoms with E-state index < -0.39 is 24.0 Å². The van der Waals surface area contributed by atoms with Gasteiger partial charge in [-0.3, -0.25) is 14.4 Å². The monoisotopic (exact) mass is 559 g/mol. The number of nitrogens with one attached hydrogen (secondary N) is 1. The average Bonchev–Trinajstić information content (AvgIpc) is 3.65. The topological polar surface area (TPSA) is 114 Å². The molecule has 40 heavy (non-hydrogen) atoms. The van der Waals surface area contributed by atoms with Gasteiger partial charge in [-0.05, 0) is 36.8 Å². The van der Waals surface area contributed by atoms with E-state index in [1.807, 2.05) is 24.4 Å². The summed E-state index contributed by atoms with van der Waals surface area (Å²) in [5.41, 5.74) is 3.47. The minimum absolute atomic E-state index is 0.124. The Labute approximate surface area is 232 Å². The lowest BCUT2D eigenvalue weighted by Gasteiger charge is -2.24. The van der Waals surface area contributed by atoms with Gasteiger partial charge in [0.2, 0.25) is 11.8 Å². The van der Waals surface area contributed by atoms with E-state index in [4.69, 9.17) is 11.6 Å². The van der Waals surface area contributed by atoms with E-state index in [-0.39, 0.29) is 36.3 Å². The lowest BCUT2D eigenvalue weighted by molar-refractivity contribution is -0.137. The Morgan fingerprint density at radius 1 is 1.12 bits per heavy atom. The summed E-state index contributed by atoms with van der Waals surface area (Å²) in [5.74, 6) is -0.932. The number of rotatable bonds is 6. The number of nitrogens with zero attached hydrogens (tertiary/aromatic N) is 6. The van der Waals surface area contributed by atoms with Crippen molar-refractivity contribution in [2.75, 3.05) is 11.9 Å². The number of benzene rings is 1. The van der Waals surface area contributed by atoms with Crippen LogP contribution in [-0.4, -0.2) is 65.4 Å². The number of hydrogen-bond donors (Lipinski definition) is 1. The number of carbonyl (C=O) groups excluding carboxylic acids is 3. The first-order valence-electron chi connectivity index (χ1n) is 12.6. The molecule has 0 aliphatic carbocycles. The Morgan fingerprint density at radius 2 is 1.98 bits per heavy atom. The number of Topliss-reactive ketones (excluding diaryl/α,β-unsaturated/α-hetero) is 1. The van der Waals surface area contributed by atoms with Gasteiger partial charge in [-0.15, -0.1) is 0 Å². The summed E-state index contributed by atoms with van der Waals surface area (Å²) in [5, 5.41) is 7.71. The molecule has 2 atom stereocenters. The minimum atomic E-state index is -1.34. The number of halogens is 2. The Bertz CT molecular complexity index is 1800. The number of hydrogen-bond acceptors (Lipinski definition) is 6. The highest BCUT2D eigenvalue weighted by Gasteiger charge is 2.40. The van der Waals surface area contributed by atoms with E-state index in [0.717, 1.165) is 11.1 Å². The molecule has 1 aromatic carbocycles. The molecule has 0 spiro atoms. The Hall–Kier alpha value is -4.64. The number of pyridine rings is 1. The molecule has 1 aliphatic rings. The van der Waals surface area contributed by atoms with Crippen LogP contribution in [0.25, 0.3) is 27.7 Å². The SMILES string of the molecule is CC(=O)c1cn(CC(=O)N2C[C@H](F)C[C@H]2C(=O)Nc2cccc(Cl)n2)c2ccc(-c3cnc4ccnn4c3)cc12. The summed E-state index contributed by atoms with van der Waals surface area (Å²) in [6, 6.07) is 11.1. The maximum atomic E-state index is 14.5. The van der Waals surface area contributed by atoms with Gasteiger partial charge in [0.1, 0.15) is 29.7 Å². The molecule has 1 aliphatic heterocycles. The number of anilines is 1. The molecule has 0 bridgehead atoms. The third-order valence-electron chi connectivity index (χ3n) is 6.99. The van der Waals surface area contributed by atoms with Crippen molar-refractivity contribution in [3.63, 3.8) is 0 Å². The molecule has 5 aromatic rings.